The van der Waals surface area contributed by atoms with Gasteiger partial charge in [-0.1, -0.05) is 17.7 Å². The summed E-state index contributed by atoms with van der Waals surface area (Å²) in [5.41, 5.74) is 3.83. The highest BCUT2D eigenvalue weighted by molar-refractivity contribution is 7.08. The van der Waals surface area contributed by atoms with Gasteiger partial charge in [0.15, 0.2) is 0 Å². The molecule has 0 aliphatic carbocycles. The normalized spacial score (nSPS) is 17.6. The predicted octanol–water partition coefficient (Wildman–Crippen LogP) is 3.47. The Bertz CT molecular complexity index is 507. The molecule has 1 aliphatic rings. The standard InChI is InChI=1S/C14H15NOS/c1-10-2-3-14-11(6-10)7-13(16-14)8-15-12-4-5-17-9-12/h2-6,9,13,15H,7-8H2,1H3. The minimum Gasteiger partial charge on any atom is -0.488 e. The number of hydrogen-bond donors (Lipinski definition) is 1. The number of rotatable bonds is 3. The average molecular weight is 245 g/mol. The predicted molar refractivity (Wildman–Crippen MR) is 72.1 cm³/mol. The number of anilines is 1. The van der Waals surface area contributed by atoms with Crippen LogP contribution < -0.4 is 10.1 Å². The zero-order chi connectivity index (χ0) is 11.7. The molecular formula is C14H15NOS. The Balaban J connectivity index is 1.62. The largest absolute Gasteiger partial charge is 0.488 e. The number of benzene rings is 1. The molecular weight excluding hydrogens is 230 g/mol. The molecule has 17 heavy (non-hydrogen) atoms. The second-order valence-corrected chi connectivity index (χ2v) is 5.23. The Hall–Kier alpha value is -1.48. The fourth-order valence-electron chi connectivity index (χ4n) is 2.16. The monoisotopic (exact) mass is 245 g/mol. The van der Waals surface area contributed by atoms with Gasteiger partial charge in [-0.3, -0.25) is 0 Å². The van der Waals surface area contributed by atoms with Gasteiger partial charge >= 0.3 is 0 Å². The van der Waals surface area contributed by atoms with Gasteiger partial charge in [0.2, 0.25) is 0 Å². The molecule has 3 heteroatoms. The smallest absolute Gasteiger partial charge is 0.123 e. The summed E-state index contributed by atoms with van der Waals surface area (Å²) in [4.78, 5) is 0. The number of thiophene rings is 1. The van der Waals surface area contributed by atoms with E-state index in [4.69, 9.17) is 4.74 Å². The minimum atomic E-state index is 0.256. The molecule has 0 spiro atoms. The van der Waals surface area contributed by atoms with E-state index in [-0.39, 0.29) is 6.10 Å². The van der Waals surface area contributed by atoms with Crippen molar-refractivity contribution in [1.29, 1.82) is 0 Å². The van der Waals surface area contributed by atoms with Crippen LogP contribution >= 0.6 is 11.3 Å². The molecule has 1 N–H and O–H groups in total. The Morgan fingerprint density at radius 1 is 1.41 bits per heavy atom. The molecule has 2 heterocycles. The van der Waals surface area contributed by atoms with Crippen LogP contribution in [-0.4, -0.2) is 12.6 Å². The lowest BCUT2D eigenvalue weighted by molar-refractivity contribution is 0.246. The first-order valence-corrected chi connectivity index (χ1v) is 6.78. The van der Waals surface area contributed by atoms with Gasteiger partial charge in [-0.15, -0.1) is 0 Å². The van der Waals surface area contributed by atoms with Crippen LogP contribution in [0.1, 0.15) is 11.1 Å². The molecule has 1 atom stereocenters. The Morgan fingerprint density at radius 2 is 2.35 bits per heavy atom. The van der Waals surface area contributed by atoms with E-state index in [1.165, 1.54) is 16.8 Å². The topological polar surface area (TPSA) is 21.3 Å². The number of aryl methyl sites for hydroxylation is 1. The molecule has 0 fully saturated rings. The van der Waals surface area contributed by atoms with E-state index in [1.807, 2.05) is 0 Å². The van der Waals surface area contributed by atoms with Gasteiger partial charge in [0.05, 0.1) is 6.54 Å². The van der Waals surface area contributed by atoms with Gasteiger partial charge in [-0.05, 0) is 30.0 Å². The second kappa shape index (κ2) is 4.41. The molecule has 1 aromatic carbocycles. The lowest BCUT2D eigenvalue weighted by Gasteiger charge is -2.11. The van der Waals surface area contributed by atoms with E-state index < -0.39 is 0 Å². The van der Waals surface area contributed by atoms with Crippen molar-refractivity contribution in [2.24, 2.45) is 0 Å². The van der Waals surface area contributed by atoms with Crippen molar-refractivity contribution in [3.63, 3.8) is 0 Å². The molecule has 0 bridgehead atoms. The zero-order valence-corrected chi connectivity index (χ0v) is 10.6. The molecule has 0 saturated carbocycles. The molecule has 2 nitrogen and oxygen atoms in total. The van der Waals surface area contributed by atoms with Crippen LogP contribution in [0.4, 0.5) is 5.69 Å². The molecule has 0 radical (unpaired) electrons. The highest BCUT2D eigenvalue weighted by atomic mass is 32.1. The number of fused-ring (bicyclic) bond motifs is 1. The molecule has 1 aliphatic heterocycles. The number of nitrogens with one attached hydrogen (secondary N) is 1. The lowest BCUT2D eigenvalue weighted by Crippen LogP contribution is -2.23. The third-order valence-corrected chi connectivity index (χ3v) is 3.70. The third-order valence-electron chi connectivity index (χ3n) is 3.01. The van der Waals surface area contributed by atoms with Crippen molar-refractivity contribution >= 4 is 17.0 Å². The summed E-state index contributed by atoms with van der Waals surface area (Å²) in [5.74, 6) is 1.05. The van der Waals surface area contributed by atoms with Crippen LogP contribution in [0.3, 0.4) is 0 Å². The van der Waals surface area contributed by atoms with E-state index in [0.717, 1.165) is 18.7 Å². The fourth-order valence-corrected chi connectivity index (χ4v) is 2.77. The summed E-state index contributed by atoms with van der Waals surface area (Å²) in [6.45, 7) is 2.99. The molecule has 88 valence electrons. The maximum Gasteiger partial charge on any atom is 0.123 e. The summed E-state index contributed by atoms with van der Waals surface area (Å²) < 4.78 is 5.90. The molecule has 0 saturated heterocycles. The van der Waals surface area contributed by atoms with Crippen LogP contribution in [0.5, 0.6) is 5.75 Å². The summed E-state index contributed by atoms with van der Waals surface area (Å²) in [6, 6.07) is 8.50. The first-order valence-electron chi connectivity index (χ1n) is 5.83. The van der Waals surface area contributed by atoms with Crippen molar-refractivity contribution in [3.05, 3.63) is 46.2 Å². The van der Waals surface area contributed by atoms with E-state index in [1.54, 1.807) is 11.3 Å². The Kier molecular flexibility index (Phi) is 2.77. The Labute approximate surface area is 105 Å². The maximum absolute atomic E-state index is 5.90. The number of hydrogen-bond acceptors (Lipinski definition) is 3. The van der Waals surface area contributed by atoms with Gasteiger partial charge in [0.1, 0.15) is 11.9 Å². The van der Waals surface area contributed by atoms with E-state index >= 15 is 0 Å². The van der Waals surface area contributed by atoms with Gasteiger partial charge in [0.25, 0.3) is 0 Å². The zero-order valence-electron chi connectivity index (χ0n) is 9.77. The van der Waals surface area contributed by atoms with Crippen LogP contribution in [0.15, 0.2) is 35.0 Å². The summed E-state index contributed by atoms with van der Waals surface area (Å²) in [6.07, 6.45) is 1.26. The maximum atomic E-state index is 5.90. The first-order chi connectivity index (χ1) is 8.31. The second-order valence-electron chi connectivity index (χ2n) is 4.45. The quantitative estimate of drug-likeness (QED) is 0.894. The van der Waals surface area contributed by atoms with Crippen LogP contribution in [0.2, 0.25) is 0 Å². The Morgan fingerprint density at radius 3 is 3.18 bits per heavy atom. The SMILES string of the molecule is Cc1ccc2c(c1)CC(CNc1ccsc1)O2. The fraction of sp³-hybridized carbons (Fsp3) is 0.286. The van der Waals surface area contributed by atoms with Gasteiger partial charge in [-0.2, -0.15) is 11.3 Å². The number of ether oxygens (including phenoxy) is 1. The highest BCUT2D eigenvalue weighted by Gasteiger charge is 2.22. The van der Waals surface area contributed by atoms with E-state index in [0.29, 0.717) is 0 Å². The van der Waals surface area contributed by atoms with E-state index in [2.05, 4.69) is 47.3 Å². The van der Waals surface area contributed by atoms with Crippen molar-refractivity contribution in [2.45, 2.75) is 19.4 Å². The summed E-state index contributed by atoms with van der Waals surface area (Å²) >= 11 is 1.71. The van der Waals surface area contributed by atoms with Crippen LogP contribution in [0, 0.1) is 6.92 Å². The van der Waals surface area contributed by atoms with Crippen molar-refractivity contribution < 1.29 is 4.74 Å². The highest BCUT2D eigenvalue weighted by Crippen LogP contribution is 2.29. The van der Waals surface area contributed by atoms with Crippen LogP contribution in [0.25, 0.3) is 0 Å². The van der Waals surface area contributed by atoms with Crippen molar-refractivity contribution in [2.75, 3.05) is 11.9 Å². The summed E-state index contributed by atoms with van der Waals surface area (Å²) in [7, 11) is 0. The molecule has 2 aromatic rings. The van der Waals surface area contributed by atoms with Crippen molar-refractivity contribution in [1.82, 2.24) is 0 Å². The summed E-state index contributed by atoms with van der Waals surface area (Å²) in [5, 5.41) is 7.60. The van der Waals surface area contributed by atoms with Gasteiger partial charge in [-0.25, -0.2) is 0 Å². The van der Waals surface area contributed by atoms with Crippen molar-refractivity contribution in [3.8, 4) is 5.75 Å². The molecule has 0 amide bonds. The van der Waals surface area contributed by atoms with E-state index in [9.17, 15) is 0 Å². The first kappa shape index (κ1) is 10.7. The lowest BCUT2D eigenvalue weighted by atomic mass is 10.1. The van der Waals surface area contributed by atoms with Gasteiger partial charge in [0, 0.05) is 17.5 Å². The molecule has 1 unspecified atom stereocenters. The minimum absolute atomic E-state index is 0.256. The van der Waals surface area contributed by atoms with Crippen LogP contribution in [-0.2, 0) is 6.42 Å². The molecule has 3 rings (SSSR count). The average Bonchev–Trinajstić information content (AvgIpc) is 2.94. The third kappa shape index (κ3) is 2.29. The molecule has 1 aromatic heterocycles. The van der Waals surface area contributed by atoms with Gasteiger partial charge < -0.3 is 10.1 Å².